The summed E-state index contributed by atoms with van der Waals surface area (Å²) >= 11 is 0. The highest BCUT2D eigenvalue weighted by molar-refractivity contribution is 5.12. The highest BCUT2D eigenvalue weighted by Crippen LogP contribution is 2.09. The normalized spacial score (nSPS) is 20.9. The molecule has 0 aliphatic carbocycles. The van der Waals surface area contributed by atoms with Gasteiger partial charge in [-0.2, -0.15) is 5.26 Å². The molecule has 1 atom stereocenters. The fourth-order valence-electron chi connectivity index (χ4n) is 1.75. The summed E-state index contributed by atoms with van der Waals surface area (Å²) in [5.74, 6) is 0. The lowest BCUT2D eigenvalue weighted by Crippen LogP contribution is -2.23. The second kappa shape index (κ2) is 4.20. The van der Waals surface area contributed by atoms with E-state index < -0.39 is 0 Å². The molecule has 0 spiro atoms. The van der Waals surface area contributed by atoms with Gasteiger partial charge in [0.2, 0.25) is 0 Å². The molecule has 5 heteroatoms. The number of aryl methyl sites for hydroxylation is 1. The van der Waals surface area contributed by atoms with Crippen molar-refractivity contribution in [2.75, 3.05) is 6.54 Å². The minimum Gasteiger partial charge on any atom is -0.314 e. The van der Waals surface area contributed by atoms with Crippen LogP contribution >= 0.6 is 0 Å². The lowest BCUT2D eigenvalue weighted by Gasteiger charge is -2.08. The summed E-state index contributed by atoms with van der Waals surface area (Å²) in [5.41, 5.74) is 0.393. The highest BCUT2D eigenvalue weighted by atomic mass is 15.4. The molecule has 0 bridgehead atoms. The van der Waals surface area contributed by atoms with Gasteiger partial charge in [0.25, 0.3) is 0 Å². The predicted octanol–water partition coefficient (Wildman–Crippen LogP) is 0.292. The molecule has 1 aromatic rings. The Balaban J connectivity index is 1.82. The topological polar surface area (TPSA) is 66.5 Å². The Bertz CT molecular complexity index is 331. The van der Waals surface area contributed by atoms with Crippen molar-refractivity contribution in [3.05, 3.63) is 11.9 Å². The van der Waals surface area contributed by atoms with E-state index in [1.165, 1.54) is 12.8 Å². The van der Waals surface area contributed by atoms with Gasteiger partial charge in [0.1, 0.15) is 6.07 Å². The van der Waals surface area contributed by atoms with E-state index in [9.17, 15) is 0 Å². The highest BCUT2D eigenvalue weighted by Gasteiger charge is 2.13. The van der Waals surface area contributed by atoms with Crippen molar-refractivity contribution < 1.29 is 0 Å². The van der Waals surface area contributed by atoms with Crippen LogP contribution in [0, 0.1) is 11.3 Å². The molecular formula is C9H13N5. The SMILES string of the molecule is N#Cc1cn(CCC2CCCN2)nn1. The van der Waals surface area contributed by atoms with Crippen molar-refractivity contribution in [3.63, 3.8) is 0 Å². The summed E-state index contributed by atoms with van der Waals surface area (Å²) in [5, 5.41) is 19.5. The Kier molecular flexibility index (Phi) is 2.75. The first kappa shape index (κ1) is 9.16. The van der Waals surface area contributed by atoms with Crippen molar-refractivity contribution in [1.29, 1.82) is 5.26 Å². The van der Waals surface area contributed by atoms with Crippen molar-refractivity contribution in [2.24, 2.45) is 0 Å². The van der Waals surface area contributed by atoms with E-state index >= 15 is 0 Å². The summed E-state index contributed by atoms with van der Waals surface area (Å²) in [6.07, 6.45) is 5.27. The van der Waals surface area contributed by atoms with Crippen LogP contribution in [0.25, 0.3) is 0 Å². The van der Waals surface area contributed by atoms with Gasteiger partial charge in [0.15, 0.2) is 5.69 Å². The molecule has 0 radical (unpaired) electrons. The third kappa shape index (κ3) is 2.09. The maximum absolute atomic E-state index is 8.55. The first-order chi connectivity index (χ1) is 6.88. The Labute approximate surface area is 82.7 Å². The molecule has 1 aliphatic heterocycles. The lowest BCUT2D eigenvalue weighted by molar-refractivity contribution is 0.473. The van der Waals surface area contributed by atoms with Gasteiger partial charge in [0.05, 0.1) is 6.20 Å². The summed E-state index contributed by atoms with van der Waals surface area (Å²) in [4.78, 5) is 0. The summed E-state index contributed by atoms with van der Waals surface area (Å²) in [7, 11) is 0. The van der Waals surface area contributed by atoms with Gasteiger partial charge in [-0.25, -0.2) is 0 Å². The molecule has 2 rings (SSSR count). The van der Waals surface area contributed by atoms with Gasteiger partial charge in [-0.05, 0) is 25.8 Å². The van der Waals surface area contributed by atoms with Crippen LogP contribution in [-0.2, 0) is 6.54 Å². The molecule has 1 aliphatic rings. The average Bonchev–Trinajstić information content (AvgIpc) is 2.86. The second-order valence-corrected chi connectivity index (χ2v) is 3.56. The summed E-state index contributed by atoms with van der Waals surface area (Å²) in [6, 6.07) is 2.58. The van der Waals surface area contributed by atoms with Gasteiger partial charge >= 0.3 is 0 Å². The van der Waals surface area contributed by atoms with Gasteiger partial charge < -0.3 is 5.32 Å². The minimum atomic E-state index is 0.393. The van der Waals surface area contributed by atoms with Crippen molar-refractivity contribution in [3.8, 4) is 6.07 Å². The maximum Gasteiger partial charge on any atom is 0.182 e. The number of aromatic nitrogens is 3. The standard InChI is InChI=1S/C9H13N5/c10-6-9-7-14(13-12-9)5-3-8-2-1-4-11-8/h7-8,11H,1-5H2. The van der Waals surface area contributed by atoms with Gasteiger partial charge in [-0.3, -0.25) is 4.68 Å². The number of nitriles is 1. The van der Waals surface area contributed by atoms with Crippen LogP contribution in [-0.4, -0.2) is 27.6 Å². The van der Waals surface area contributed by atoms with Crippen LogP contribution < -0.4 is 5.32 Å². The monoisotopic (exact) mass is 191 g/mol. The molecule has 1 N–H and O–H groups in total. The van der Waals surface area contributed by atoms with E-state index in [-0.39, 0.29) is 0 Å². The molecule has 5 nitrogen and oxygen atoms in total. The molecule has 1 unspecified atom stereocenters. The van der Waals surface area contributed by atoms with E-state index in [4.69, 9.17) is 5.26 Å². The van der Waals surface area contributed by atoms with E-state index in [1.54, 1.807) is 10.9 Å². The fourth-order valence-corrected chi connectivity index (χ4v) is 1.75. The van der Waals surface area contributed by atoms with Crippen LogP contribution in [0.3, 0.4) is 0 Å². The van der Waals surface area contributed by atoms with Gasteiger partial charge in [-0.1, -0.05) is 5.21 Å². The maximum atomic E-state index is 8.55. The first-order valence-corrected chi connectivity index (χ1v) is 4.92. The summed E-state index contributed by atoms with van der Waals surface area (Å²) in [6.45, 7) is 1.97. The third-order valence-corrected chi connectivity index (χ3v) is 2.52. The second-order valence-electron chi connectivity index (χ2n) is 3.56. The number of hydrogen-bond acceptors (Lipinski definition) is 4. The van der Waals surface area contributed by atoms with E-state index in [0.29, 0.717) is 11.7 Å². The Morgan fingerprint density at radius 2 is 2.64 bits per heavy atom. The van der Waals surface area contributed by atoms with Crippen molar-refractivity contribution in [1.82, 2.24) is 20.3 Å². The van der Waals surface area contributed by atoms with Crippen LogP contribution in [0.2, 0.25) is 0 Å². The van der Waals surface area contributed by atoms with Crippen LogP contribution in [0.4, 0.5) is 0 Å². The molecule has 1 saturated heterocycles. The molecule has 0 aromatic carbocycles. The molecule has 0 amide bonds. The lowest BCUT2D eigenvalue weighted by atomic mass is 10.2. The first-order valence-electron chi connectivity index (χ1n) is 4.92. The summed E-state index contributed by atoms with van der Waals surface area (Å²) < 4.78 is 1.73. The fraction of sp³-hybridized carbons (Fsp3) is 0.667. The van der Waals surface area contributed by atoms with Crippen molar-refractivity contribution >= 4 is 0 Å². The molecule has 0 saturated carbocycles. The van der Waals surface area contributed by atoms with E-state index in [0.717, 1.165) is 19.5 Å². The zero-order chi connectivity index (χ0) is 9.80. The Morgan fingerprint density at radius 3 is 3.29 bits per heavy atom. The molecular weight excluding hydrogens is 178 g/mol. The van der Waals surface area contributed by atoms with E-state index in [2.05, 4.69) is 15.6 Å². The zero-order valence-corrected chi connectivity index (χ0v) is 7.98. The van der Waals surface area contributed by atoms with E-state index in [1.807, 2.05) is 6.07 Å². The molecule has 74 valence electrons. The largest absolute Gasteiger partial charge is 0.314 e. The predicted molar refractivity (Wildman–Crippen MR) is 50.4 cm³/mol. The number of hydrogen-bond donors (Lipinski definition) is 1. The zero-order valence-electron chi connectivity index (χ0n) is 7.98. The van der Waals surface area contributed by atoms with Crippen molar-refractivity contribution in [2.45, 2.75) is 31.8 Å². The molecule has 2 heterocycles. The quantitative estimate of drug-likeness (QED) is 0.745. The van der Waals surface area contributed by atoms with Crippen LogP contribution in [0.1, 0.15) is 25.0 Å². The number of rotatable bonds is 3. The number of nitrogens with one attached hydrogen (secondary N) is 1. The van der Waals surface area contributed by atoms with Gasteiger partial charge in [-0.15, -0.1) is 5.10 Å². The smallest absolute Gasteiger partial charge is 0.182 e. The number of nitrogens with zero attached hydrogens (tertiary/aromatic N) is 4. The molecule has 1 aromatic heterocycles. The Hall–Kier alpha value is -1.41. The van der Waals surface area contributed by atoms with Crippen LogP contribution in [0.15, 0.2) is 6.20 Å². The van der Waals surface area contributed by atoms with Gasteiger partial charge in [0, 0.05) is 12.6 Å². The third-order valence-electron chi connectivity index (χ3n) is 2.52. The minimum absolute atomic E-state index is 0.393. The average molecular weight is 191 g/mol. The Morgan fingerprint density at radius 1 is 1.71 bits per heavy atom. The molecule has 14 heavy (non-hydrogen) atoms. The van der Waals surface area contributed by atoms with Crippen LogP contribution in [0.5, 0.6) is 0 Å². The molecule has 1 fully saturated rings.